The van der Waals surface area contributed by atoms with E-state index < -0.39 is 11.9 Å². The Morgan fingerprint density at radius 2 is 1.73 bits per heavy atom. The molecule has 3 amide bonds. The number of halogens is 1. The molecule has 0 bridgehead atoms. The fraction of sp³-hybridized carbons (Fsp3) is 0.318. The van der Waals surface area contributed by atoms with Gasteiger partial charge in [0.2, 0.25) is 5.91 Å². The van der Waals surface area contributed by atoms with Crippen molar-refractivity contribution in [3.8, 4) is 5.75 Å². The predicted octanol–water partition coefficient (Wildman–Crippen LogP) is 0.507. The van der Waals surface area contributed by atoms with E-state index in [1.54, 1.807) is 48.4 Å². The molecule has 7 nitrogen and oxygen atoms in total. The Morgan fingerprint density at radius 3 is 2.37 bits per heavy atom. The van der Waals surface area contributed by atoms with Gasteiger partial charge in [0.05, 0.1) is 51.0 Å². The van der Waals surface area contributed by atoms with E-state index in [4.69, 9.17) is 4.74 Å². The number of nitrogens with zero attached hydrogens (tertiary/aromatic N) is 2. The number of rotatable bonds is 4. The molecule has 0 aliphatic carbocycles. The average Bonchev–Trinajstić information content (AvgIpc) is 3.07. The van der Waals surface area contributed by atoms with E-state index >= 15 is 0 Å². The molecule has 0 spiro atoms. The zero-order valence-electron chi connectivity index (χ0n) is 16.6. The number of anilines is 1. The number of carbonyl (C=O) groups is 3. The lowest BCUT2D eigenvalue weighted by atomic mass is 10.1. The Morgan fingerprint density at radius 1 is 1.07 bits per heavy atom. The van der Waals surface area contributed by atoms with Crippen LogP contribution in [0.1, 0.15) is 16.8 Å². The third-order valence-corrected chi connectivity index (χ3v) is 5.77. The number of quaternary nitrogens is 1. The van der Waals surface area contributed by atoms with E-state index in [2.05, 4.69) is 0 Å². The van der Waals surface area contributed by atoms with Gasteiger partial charge in [-0.05, 0) is 36.4 Å². The van der Waals surface area contributed by atoms with Gasteiger partial charge in [-0.25, -0.2) is 9.29 Å². The minimum absolute atomic E-state index is 0.0544. The first-order valence-electron chi connectivity index (χ1n) is 9.89. The van der Waals surface area contributed by atoms with Crippen molar-refractivity contribution in [3.05, 3.63) is 59.9 Å². The van der Waals surface area contributed by atoms with Gasteiger partial charge in [0.15, 0.2) is 6.04 Å². The summed E-state index contributed by atoms with van der Waals surface area (Å²) >= 11 is 0. The van der Waals surface area contributed by atoms with Crippen LogP contribution in [0.15, 0.2) is 48.5 Å². The maximum absolute atomic E-state index is 13.9. The maximum atomic E-state index is 13.9. The lowest BCUT2D eigenvalue weighted by Crippen LogP contribution is -3.19. The second kappa shape index (κ2) is 8.23. The molecule has 0 aromatic heterocycles. The van der Waals surface area contributed by atoms with Crippen LogP contribution in [-0.2, 0) is 9.59 Å². The summed E-state index contributed by atoms with van der Waals surface area (Å²) in [7, 11) is 1.55. The molecular formula is C22H23FN3O4+. The molecule has 2 aliphatic rings. The third kappa shape index (κ3) is 3.66. The van der Waals surface area contributed by atoms with Gasteiger partial charge in [0.25, 0.3) is 11.8 Å². The van der Waals surface area contributed by atoms with Gasteiger partial charge in [0, 0.05) is 0 Å². The molecule has 0 saturated carbocycles. The van der Waals surface area contributed by atoms with Gasteiger partial charge in [0.1, 0.15) is 11.6 Å². The molecule has 2 fully saturated rings. The van der Waals surface area contributed by atoms with Crippen LogP contribution in [0.2, 0.25) is 0 Å². The van der Waals surface area contributed by atoms with E-state index in [9.17, 15) is 18.8 Å². The Hall–Kier alpha value is -3.26. The summed E-state index contributed by atoms with van der Waals surface area (Å²) in [5, 5.41) is 0. The van der Waals surface area contributed by atoms with Crippen molar-refractivity contribution >= 4 is 23.4 Å². The standard InChI is InChI=1S/C22H22FN3O4/c1-30-16-8-6-15(7-9-16)26-20(27)14-19(22(26)29)24-10-12-25(13-11-24)21(28)17-4-2-3-5-18(17)23/h2-9,19H,10-14H2,1H3/p+1/t19-/m1/s1. The van der Waals surface area contributed by atoms with E-state index in [1.807, 2.05) is 0 Å². The van der Waals surface area contributed by atoms with Crippen LogP contribution in [0, 0.1) is 5.82 Å². The molecule has 156 valence electrons. The largest absolute Gasteiger partial charge is 0.497 e. The van der Waals surface area contributed by atoms with Crippen molar-refractivity contribution in [2.75, 3.05) is 38.2 Å². The maximum Gasteiger partial charge on any atom is 0.292 e. The van der Waals surface area contributed by atoms with Crippen LogP contribution >= 0.6 is 0 Å². The highest BCUT2D eigenvalue weighted by Crippen LogP contribution is 2.24. The van der Waals surface area contributed by atoms with Crippen LogP contribution in [0.3, 0.4) is 0 Å². The molecule has 30 heavy (non-hydrogen) atoms. The van der Waals surface area contributed by atoms with Crippen molar-refractivity contribution < 1.29 is 28.4 Å². The molecular weight excluding hydrogens is 389 g/mol. The van der Waals surface area contributed by atoms with Crippen LogP contribution in [0.4, 0.5) is 10.1 Å². The summed E-state index contributed by atoms with van der Waals surface area (Å²) in [6.07, 6.45) is 0.140. The van der Waals surface area contributed by atoms with E-state index in [1.165, 1.54) is 17.0 Å². The molecule has 2 aromatic carbocycles. The van der Waals surface area contributed by atoms with Crippen LogP contribution < -0.4 is 14.5 Å². The van der Waals surface area contributed by atoms with Crippen molar-refractivity contribution in [3.63, 3.8) is 0 Å². The normalized spacial score (nSPS) is 20.0. The highest BCUT2D eigenvalue weighted by Gasteiger charge is 2.46. The minimum Gasteiger partial charge on any atom is -0.497 e. The number of piperazine rings is 1. The summed E-state index contributed by atoms with van der Waals surface area (Å²) in [5.41, 5.74) is 0.583. The van der Waals surface area contributed by atoms with Gasteiger partial charge in [-0.15, -0.1) is 0 Å². The molecule has 2 heterocycles. The average molecular weight is 412 g/mol. The Kier molecular flexibility index (Phi) is 5.50. The fourth-order valence-electron chi connectivity index (χ4n) is 4.10. The summed E-state index contributed by atoms with van der Waals surface area (Å²) < 4.78 is 19.0. The summed E-state index contributed by atoms with van der Waals surface area (Å²) in [6, 6.07) is 12.3. The summed E-state index contributed by atoms with van der Waals surface area (Å²) in [6.45, 7) is 1.87. The molecule has 2 aliphatic heterocycles. The van der Waals surface area contributed by atoms with Crippen LogP contribution in [0.25, 0.3) is 0 Å². The molecule has 4 rings (SSSR count). The molecule has 2 aromatic rings. The molecule has 1 N–H and O–H groups in total. The predicted molar refractivity (Wildman–Crippen MR) is 107 cm³/mol. The molecule has 2 saturated heterocycles. The van der Waals surface area contributed by atoms with Gasteiger partial charge in [-0.2, -0.15) is 0 Å². The second-order valence-corrected chi connectivity index (χ2v) is 7.45. The zero-order chi connectivity index (χ0) is 21.3. The Balaban J connectivity index is 1.41. The lowest BCUT2D eigenvalue weighted by Gasteiger charge is -2.34. The third-order valence-electron chi connectivity index (χ3n) is 5.77. The molecule has 0 radical (unpaired) electrons. The topological polar surface area (TPSA) is 71.4 Å². The minimum atomic E-state index is -0.538. The summed E-state index contributed by atoms with van der Waals surface area (Å²) in [4.78, 5) is 41.9. The highest BCUT2D eigenvalue weighted by molar-refractivity contribution is 6.21. The number of benzene rings is 2. The number of methoxy groups -OCH3 is 1. The number of ether oxygens (including phenoxy) is 1. The number of imide groups is 1. The van der Waals surface area contributed by atoms with Gasteiger partial charge < -0.3 is 14.5 Å². The highest BCUT2D eigenvalue weighted by atomic mass is 19.1. The number of amides is 3. The van der Waals surface area contributed by atoms with Crippen molar-refractivity contribution in [1.82, 2.24) is 4.90 Å². The van der Waals surface area contributed by atoms with E-state index in [-0.39, 0.29) is 29.7 Å². The van der Waals surface area contributed by atoms with Gasteiger partial charge >= 0.3 is 0 Å². The number of hydrogen-bond acceptors (Lipinski definition) is 4. The zero-order valence-corrected chi connectivity index (χ0v) is 16.6. The molecule has 8 heteroatoms. The first-order chi connectivity index (χ1) is 14.5. The first kappa shape index (κ1) is 20.0. The van der Waals surface area contributed by atoms with Crippen molar-refractivity contribution in [1.29, 1.82) is 0 Å². The van der Waals surface area contributed by atoms with Gasteiger partial charge in [-0.1, -0.05) is 12.1 Å². The van der Waals surface area contributed by atoms with Crippen molar-refractivity contribution in [2.45, 2.75) is 12.5 Å². The van der Waals surface area contributed by atoms with E-state index in [0.29, 0.717) is 37.6 Å². The van der Waals surface area contributed by atoms with Crippen LogP contribution in [0.5, 0.6) is 5.75 Å². The van der Waals surface area contributed by atoms with Gasteiger partial charge in [-0.3, -0.25) is 14.4 Å². The second-order valence-electron chi connectivity index (χ2n) is 7.45. The first-order valence-corrected chi connectivity index (χ1v) is 9.89. The van der Waals surface area contributed by atoms with Crippen LogP contribution in [-0.4, -0.2) is 62.0 Å². The summed E-state index contributed by atoms with van der Waals surface area (Å²) in [5.74, 6) is -0.693. The number of carbonyl (C=O) groups excluding carboxylic acids is 3. The SMILES string of the molecule is COc1ccc(N2C(=O)C[C@@H]([NH+]3CCN(C(=O)c4ccccc4F)CC3)C2=O)cc1. The quantitative estimate of drug-likeness (QED) is 0.743. The number of nitrogens with one attached hydrogen (secondary N) is 1. The van der Waals surface area contributed by atoms with Crippen molar-refractivity contribution in [2.24, 2.45) is 0 Å². The number of hydrogen-bond donors (Lipinski definition) is 1. The molecule has 1 atom stereocenters. The molecule has 0 unspecified atom stereocenters. The lowest BCUT2D eigenvalue weighted by molar-refractivity contribution is -0.918. The Labute approximate surface area is 173 Å². The van der Waals surface area contributed by atoms with E-state index in [0.717, 1.165) is 4.90 Å². The fourth-order valence-corrected chi connectivity index (χ4v) is 4.10. The smallest absolute Gasteiger partial charge is 0.292 e. The Bertz CT molecular complexity index is 971. The monoisotopic (exact) mass is 412 g/mol.